The van der Waals surface area contributed by atoms with Crippen LogP contribution in [0.5, 0.6) is 0 Å². The van der Waals surface area contributed by atoms with Gasteiger partial charge >= 0.3 is 0 Å². The number of rotatable bonds is 4. The molecule has 0 fully saturated rings. The first-order valence-electron chi connectivity index (χ1n) is 6.61. The fourth-order valence-corrected chi connectivity index (χ4v) is 2.48. The molecule has 0 heterocycles. The molecule has 0 aliphatic rings. The molecule has 0 aliphatic heterocycles. The van der Waals surface area contributed by atoms with E-state index in [1.165, 1.54) is 17.7 Å². The molecule has 110 valence electrons. The van der Waals surface area contributed by atoms with Gasteiger partial charge in [-0.3, -0.25) is 0 Å². The summed E-state index contributed by atoms with van der Waals surface area (Å²) in [6.45, 7) is 2.05. The van der Waals surface area contributed by atoms with Gasteiger partial charge in [0.25, 0.3) is 0 Å². The average Bonchev–Trinajstić information content (AvgIpc) is 2.43. The van der Waals surface area contributed by atoms with Gasteiger partial charge in [-0.15, -0.1) is 0 Å². The number of nitrogens with one attached hydrogen (secondary N) is 2. The largest absolute Gasteiger partial charge is 0.360 e. The van der Waals surface area contributed by atoms with Crippen molar-refractivity contribution in [3.05, 3.63) is 64.9 Å². The second-order valence-electron chi connectivity index (χ2n) is 4.82. The van der Waals surface area contributed by atoms with Crippen molar-refractivity contribution in [1.82, 2.24) is 5.32 Å². The zero-order valence-electron chi connectivity index (χ0n) is 11.6. The number of thiocarbonyl (C=S) groups is 1. The van der Waals surface area contributed by atoms with Crippen LogP contribution in [-0.2, 0) is 6.42 Å². The Morgan fingerprint density at radius 2 is 1.95 bits per heavy atom. The predicted molar refractivity (Wildman–Crippen MR) is 90.4 cm³/mol. The van der Waals surface area contributed by atoms with Gasteiger partial charge in [0.15, 0.2) is 5.11 Å². The minimum Gasteiger partial charge on any atom is -0.360 e. The van der Waals surface area contributed by atoms with Gasteiger partial charge in [-0.05, 0) is 49.3 Å². The summed E-state index contributed by atoms with van der Waals surface area (Å²) < 4.78 is 13.1. The summed E-state index contributed by atoms with van der Waals surface area (Å²) in [7, 11) is 0. The van der Waals surface area contributed by atoms with Gasteiger partial charge in [0.05, 0.1) is 5.02 Å². The van der Waals surface area contributed by atoms with Gasteiger partial charge in [0.2, 0.25) is 0 Å². The molecule has 0 unspecified atom stereocenters. The Labute approximate surface area is 134 Å². The van der Waals surface area contributed by atoms with E-state index in [-0.39, 0.29) is 11.1 Å². The van der Waals surface area contributed by atoms with Gasteiger partial charge in [-0.1, -0.05) is 41.9 Å². The third-order valence-corrected chi connectivity index (χ3v) is 3.45. The minimum absolute atomic E-state index is 0.0696. The molecule has 0 spiro atoms. The van der Waals surface area contributed by atoms with Crippen molar-refractivity contribution in [3.8, 4) is 0 Å². The monoisotopic (exact) mass is 322 g/mol. The summed E-state index contributed by atoms with van der Waals surface area (Å²) in [6.07, 6.45) is 0.868. The maximum absolute atomic E-state index is 13.1. The lowest BCUT2D eigenvalue weighted by atomic mass is 10.1. The molecule has 0 saturated heterocycles. The second-order valence-corrected chi connectivity index (χ2v) is 5.63. The molecule has 1 atom stereocenters. The van der Waals surface area contributed by atoms with E-state index in [4.69, 9.17) is 23.8 Å². The molecular weight excluding hydrogens is 307 g/mol. The maximum atomic E-state index is 13.1. The summed E-state index contributed by atoms with van der Waals surface area (Å²) >= 11 is 11.0. The van der Waals surface area contributed by atoms with Crippen LogP contribution in [0.25, 0.3) is 0 Å². The van der Waals surface area contributed by atoms with Crippen LogP contribution in [0.4, 0.5) is 10.1 Å². The van der Waals surface area contributed by atoms with E-state index >= 15 is 0 Å². The summed E-state index contributed by atoms with van der Waals surface area (Å²) in [5.74, 6) is -0.446. The molecule has 21 heavy (non-hydrogen) atoms. The Kier molecular flexibility index (Phi) is 5.53. The van der Waals surface area contributed by atoms with Gasteiger partial charge in [-0.25, -0.2) is 4.39 Å². The average molecular weight is 323 g/mol. The van der Waals surface area contributed by atoms with Crippen molar-refractivity contribution in [2.24, 2.45) is 0 Å². The van der Waals surface area contributed by atoms with Crippen LogP contribution in [0.2, 0.25) is 5.02 Å². The van der Waals surface area contributed by atoms with Crippen LogP contribution < -0.4 is 10.6 Å². The van der Waals surface area contributed by atoms with Crippen molar-refractivity contribution < 1.29 is 4.39 Å². The van der Waals surface area contributed by atoms with Crippen LogP contribution in [0, 0.1) is 5.82 Å². The first kappa shape index (κ1) is 15.7. The lowest BCUT2D eigenvalue weighted by molar-refractivity contribution is 0.628. The lowest BCUT2D eigenvalue weighted by Gasteiger charge is -2.17. The number of benzene rings is 2. The van der Waals surface area contributed by atoms with Crippen molar-refractivity contribution in [1.29, 1.82) is 0 Å². The van der Waals surface area contributed by atoms with Crippen molar-refractivity contribution >= 4 is 34.6 Å². The highest BCUT2D eigenvalue weighted by molar-refractivity contribution is 7.80. The number of halogens is 2. The molecule has 2 aromatic rings. The number of hydrogen-bond donors (Lipinski definition) is 2. The molecule has 0 saturated carbocycles. The Morgan fingerprint density at radius 1 is 1.24 bits per heavy atom. The molecule has 0 aliphatic carbocycles. The zero-order chi connectivity index (χ0) is 15.2. The highest BCUT2D eigenvalue weighted by Crippen LogP contribution is 2.19. The molecule has 0 aromatic heterocycles. The molecular formula is C16H16ClFN2S. The van der Waals surface area contributed by atoms with Crippen molar-refractivity contribution in [2.75, 3.05) is 5.32 Å². The highest BCUT2D eigenvalue weighted by Gasteiger charge is 2.07. The zero-order valence-corrected chi connectivity index (χ0v) is 13.1. The van der Waals surface area contributed by atoms with Gasteiger partial charge in [0.1, 0.15) is 5.82 Å². The molecule has 2 rings (SSSR count). The SMILES string of the molecule is C[C@H](Cc1ccccc1)NC(=S)Nc1ccc(F)c(Cl)c1. The Balaban J connectivity index is 1.87. The smallest absolute Gasteiger partial charge is 0.170 e. The first-order valence-corrected chi connectivity index (χ1v) is 7.39. The Morgan fingerprint density at radius 3 is 2.62 bits per heavy atom. The molecule has 0 bridgehead atoms. The summed E-state index contributed by atoms with van der Waals surface area (Å²) in [5, 5.41) is 6.75. The number of hydrogen-bond acceptors (Lipinski definition) is 1. The maximum Gasteiger partial charge on any atom is 0.170 e. The van der Waals surface area contributed by atoms with E-state index in [1.807, 2.05) is 18.2 Å². The van der Waals surface area contributed by atoms with Crippen molar-refractivity contribution in [2.45, 2.75) is 19.4 Å². The molecule has 2 N–H and O–H groups in total. The van der Waals surface area contributed by atoms with Gasteiger partial charge < -0.3 is 10.6 Å². The fourth-order valence-electron chi connectivity index (χ4n) is 1.98. The number of anilines is 1. The third-order valence-electron chi connectivity index (χ3n) is 2.94. The second kappa shape index (κ2) is 7.38. The standard InChI is InChI=1S/C16H16ClFN2S/c1-11(9-12-5-3-2-4-6-12)19-16(21)20-13-7-8-15(18)14(17)10-13/h2-8,10-11H,9H2,1H3,(H2,19,20,21)/t11-/m1/s1. The van der Waals surface area contributed by atoms with E-state index < -0.39 is 5.82 Å². The Bertz CT molecular complexity index is 619. The fraction of sp³-hybridized carbons (Fsp3) is 0.188. The van der Waals surface area contributed by atoms with Gasteiger partial charge in [-0.2, -0.15) is 0 Å². The molecule has 2 nitrogen and oxygen atoms in total. The van der Waals surface area contributed by atoms with Crippen LogP contribution in [0.15, 0.2) is 48.5 Å². The topological polar surface area (TPSA) is 24.1 Å². The predicted octanol–water partition coefficient (Wildman–Crippen LogP) is 4.40. The van der Waals surface area contributed by atoms with Crippen molar-refractivity contribution in [3.63, 3.8) is 0 Å². The lowest BCUT2D eigenvalue weighted by Crippen LogP contribution is -2.37. The van der Waals surface area contributed by atoms with Crippen LogP contribution in [-0.4, -0.2) is 11.2 Å². The molecule has 0 amide bonds. The Hall–Kier alpha value is -1.65. The van der Waals surface area contributed by atoms with Crippen LogP contribution in [0.1, 0.15) is 12.5 Å². The first-order chi connectivity index (χ1) is 10.0. The molecule has 0 radical (unpaired) electrons. The summed E-state index contributed by atoms with van der Waals surface area (Å²) in [5.41, 5.74) is 1.90. The van der Waals surface area contributed by atoms with E-state index in [1.54, 1.807) is 6.07 Å². The van der Waals surface area contributed by atoms with Gasteiger partial charge in [0, 0.05) is 11.7 Å². The molecule has 5 heteroatoms. The quantitative estimate of drug-likeness (QED) is 0.816. The van der Waals surface area contributed by atoms with Crippen LogP contribution >= 0.6 is 23.8 Å². The van der Waals surface area contributed by atoms with E-state index in [2.05, 4.69) is 29.7 Å². The summed E-state index contributed by atoms with van der Waals surface area (Å²) in [4.78, 5) is 0. The van der Waals surface area contributed by atoms with Crippen LogP contribution in [0.3, 0.4) is 0 Å². The van der Waals surface area contributed by atoms with E-state index in [0.717, 1.165) is 6.42 Å². The molecule has 2 aromatic carbocycles. The minimum atomic E-state index is -0.446. The normalized spacial score (nSPS) is 11.8. The highest BCUT2D eigenvalue weighted by atomic mass is 35.5. The summed E-state index contributed by atoms with van der Waals surface area (Å²) in [6, 6.07) is 14.8. The third kappa shape index (κ3) is 4.99. The van der Waals surface area contributed by atoms with E-state index in [9.17, 15) is 4.39 Å². The van der Waals surface area contributed by atoms with E-state index in [0.29, 0.717) is 10.8 Å².